The molecule has 0 amide bonds. The summed E-state index contributed by atoms with van der Waals surface area (Å²) in [6.07, 6.45) is 1.40. The minimum absolute atomic E-state index is 0.342. The second kappa shape index (κ2) is 7.31. The Bertz CT molecular complexity index is 532. The summed E-state index contributed by atoms with van der Waals surface area (Å²) in [6.45, 7) is 5.80. The number of hydrogen-bond acceptors (Lipinski definition) is 4. The van der Waals surface area contributed by atoms with Gasteiger partial charge in [0.2, 0.25) is 0 Å². The fourth-order valence-corrected chi connectivity index (χ4v) is 1.49. The standard InChI is InChI=1S/C12H12FN3O.C2H6/c1-8-11(17-2)12(15-7-14-8)16-10-6-4-3-5-9(10)13;1-2/h3-7H,1-2H3,(H,14,15,16);1-2H3. The summed E-state index contributed by atoms with van der Waals surface area (Å²) in [5, 5.41) is 2.88. The van der Waals surface area contributed by atoms with Gasteiger partial charge in [-0.2, -0.15) is 0 Å². The number of rotatable bonds is 3. The molecule has 4 nitrogen and oxygen atoms in total. The summed E-state index contributed by atoms with van der Waals surface area (Å²) in [6, 6.07) is 6.38. The van der Waals surface area contributed by atoms with Gasteiger partial charge in [0.05, 0.1) is 18.5 Å². The number of halogens is 1. The topological polar surface area (TPSA) is 47.0 Å². The van der Waals surface area contributed by atoms with E-state index in [4.69, 9.17) is 4.74 Å². The van der Waals surface area contributed by atoms with E-state index < -0.39 is 0 Å². The molecular weight excluding hydrogens is 245 g/mol. The molecule has 0 aliphatic carbocycles. The van der Waals surface area contributed by atoms with Crippen LogP contribution in [0.25, 0.3) is 0 Å². The predicted molar refractivity (Wildman–Crippen MR) is 74.4 cm³/mol. The van der Waals surface area contributed by atoms with Gasteiger partial charge in [0.25, 0.3) is 0 Å². The highest BCUT2D eigenvalue weighted by atomic mass is 19.1. The number of hydrogen-bond donors (Lipinski definition) is 1. The molecule has 0 atom stereocenters. The molecule has 0 bridgehead atoms. The zero-order chi connectivity index (χ0) is 14.3. The molecule has 0 radical (unpaired) electrons. The maximum absolute atomic E-state index is 13.5. The number of nitrogens with one attached hydrogen (secondary N) is 1. The molecule has 1 aromatic heterocycles. The number of benzene rings is 1. The summed E-state index contributed by atoms with van der Waals surface area (Å²) >= 11 is 0. The lowest BCUT2D eigenvalue weighted by atomic mass is 10.3. The Labute approximate surface area is 112 Å². The van der Waals surface area contributed by atoms with Crippen LogP contribution in [0.1, 0.15) is 19.5 Å². The third-order valence-corrected chi connectivity index (χ3v) is 2.31. The summed E-state index contributed by atoms with van der Waals surface area (Å²) < 4.78 is 18.6. The van der Waals surface area contributed by atoms with E-state index in [1.54, 1.807) is 25.1 Å². The molecule has 5 heteroatoms. The summed E-state index contributed by atoms with van der Waals surface area (Å²) in [5.74, 6) is 0.617. The quantitative estimate of drug-likeness (QED) is 0.917. The van der Waals surface area contributed by atoms with Gasteiger partial charge in [-0.05, 0) is 19.1 Å². The zero-order valence-corrected chi connectivity index (χ0v) is 11.6. The lowest BCUT2D eigenvalue weighted by molar-refractivity contribution is 0.409. The van der Waals surface area contributed by atoms with Crippen LogP contribution in [0.3, 0.4) is 0 Å². The van der Waals surface area contributed by atoms with Crippen molar-refractivity contribution in [2.45, 2.75) is 20.8 Å². The second-order valence-electron chi connectivity index (χ2n) is 3.45. The van der Waals surface area contributed by atoms with Crippen molar-refractivity contribution >= 4 is 11.5 Å². The van der Waals surface area contributed by atoms with Crippen LogP contribution in [0.15, 0.2) is 30.6 Å². The number of para-hydroxylation sites is 1. The van der Waals surface area contributed by atoms with Crippen molar-refractivity contribution < 1.29 is 9.13 Å². The van der Waals surface area contributed by atoms with Crippen LogP contribution in [0.2, 0.25) is 0 Å². The highest BCUT2D eigenvalue weighted by Gasteiger charge is 2.10. The van der Waals surface area contributed by atoms with Crippen LogP contribution in [0.5, 0.6) is 5.75 Å². The SMILES string of the molecule is CC.COc1c(C)ncnc1Nc1ccccc1F. The van der Waals surface area contributed by atoms with E-state index in [2.05, 4.69) is 15.3 Å². The molecule has 0 saturated heterocycles. The molecule has 0 aliphatic rings. The van der Waals surface area contributed by atoms with Gasteiger partial charge in [0, 0.05) is 0 Å². The van der Waals surface area contributed by atoms with Gasteiger partial charge in [0.1, 0.15) is 12.1 Å². The normalized spacial score (nSPS) is 9.32. The molecule has 19 heavy (non-hydrogen) atoms. The highest BCUT2D eigenvalue weighted by molar-refractivity contribution is 5.63. The third-order valence-electron chi connectivity index (χ3n) is 2.31. The van der Waals surface area contributed by atoms with Gasteiger partial charge in [-0.15, -0.1) is 0 Å². The lowest BCUT2D eigenvalue weighted by Crippen LogP contribution is -2.01. The van der Waals surface area contributed by atoms with E-state index in [9.17, 15) is 4.39 Å². The molecule has 0 fully saturated rings. The Hall–Kier alpha value is -2.17. The molecule has 102 valence electrons. The second-order valence-corrected chi connectivity index (χ2v) is 3.45. The van der Waals surface area contributed by atoms with Crippen LogP contribution < -0.4 is 10.1 Å². The third kappa shape index (κ3) is 3.64. The van der Waals surface area contributed by atoms with Crippen molar-refractivity contribution in [3.05, 3.63) is 42.1 Å². The fraction of sp³-hybridized carbons (Fsp3) is 0.286. The molecular formula is C14H18FN3O. The van der Waals surface area contributed by atoms with Gasteiger partial charge in [-0.3, -0.25) is 0 Å². The zero-order valence-electron chi connectivity index (χ0n) is 11.6. The number of anilines is 2. The fourth-order valence-electron chi connectivity index (χ4n) is 1.49. The average molecular weight is 263 g/mol. The predicted octanol–water partition coefficient (Wildman–Crippen LogP) is 3.70. The monoisotopic (exact) mass is 263 g/mol. The highest BCUT2D eigenvalue weighted by Crippen LogP contribution is 2.27. The van der Waals surface area contributed by atoms with Gasteiger partial charge in [-0.25, -0.2) is 14.4 Å². The first-order chi connectivity index (χ1) is 9.22. The average Bonchev–Trinajstić information content (AvgIpc) is 2.44. The minimum Gasteiger partial charge on any atom is -0.491 e. The number of nitrogens with zero attached hydrogens (tertiary/aromatic N) is 2. The van der Waals surface area contributed by atoms with E-state index >= 15 is 0 Å². The van der Waals surface area contributed by atoms with Crippen LogP contribution in [0, 0.1) is 12.7 Å². The molecule has 0 spiro atoms. The van der Waals surface area contributed by atoms with Crippen LogP contribution in [-0.4, -0.2) is 17.1 Å². The van der Waals surface area contributed by atoms with Crippen LogP contribution in [0.4, 0.5) is 15.9 Å². The first kappa shape index (κ1) is 14.9. The van der Waals surface area contributed by atoms with E-state index in [-0.39, 0.29) is 5.82 Å². The number of ether oxygens (including phenoxy) is 1. The van der Waals surface area contributed by atoms with Gasteiger partial charge >= 0.3 is 0 Å². The first-order valence-corrected chi connectivity index (χ1v) is 6.09. The summed E-state index contributed by atoms with van der Waals surface area (Å²) in [7, 11) is 1.53. The van der Waals surface area contributed by atoms with Crippen LogP contribution >= 0.6 is 0 Å². The molecule has 1 aromatic carbocycles. The van der Waals surface area contributed by atoms with Gasteiger partial charge < -0.3 is 10.1 Å². The van der Waals surface area contributed by atoms with E-state index in [1.807, 2.05) is 13.8 Å². The van der Waals surface area contributed by atoms with Crippen LogP contribution in [-0.2, 0) is 0 Å². The Morgan fingerprint density at radius 2 is 1.84 bits per heavy atom. The first-order valence-electron chi connectivity index (χ1n) is 6.09. The van der Waals surface area contributed by atoms with E-state index in [1.165, 1.54) is 19.5 Å². The maximum atomic E-state index is 13.5. The molecule has 0 aliphatic heterocycles. The van der Waals surface area contributed by atoms with Crippen molar-refractivity contribution in [1.82, 2.24) is 9.97 Å². The molecule has 0 unspecified atom stereocenters. The van der Waals surface area contributed by atoms with Gasteiger partial charge in [0.15, 0.2) is 11.6 Å². The maximum Gasteiger partial charge on any atom is 0.182 e. The molecule has 0 saturated carbocycles. The summed E-state index contributed by atoms with van der Waals surface area (Å²) in [5.41, 5.74) is 1.05. The smallest absolute Gasteiger partial charge is 0.182 e. The molecule has 1 heterocycles. The lowest BCUT2D eigenvalue weighted by Gasteiger charge is -2.11. The Balaban J connectivity index is 0.000000861. The summed E-state index contributed by atoms with van der Waals surface area (Å²) in [4.78, 5) is 8.04. The van der Waals surface area contributed by atoms with Crippen molar-refractivity contribution in [3.63, 3.8) is 0 Å². The van der Waals surface area contributed by atoms with Crippen molar-refractivity contribution in [1.29, 1.82) is 0 Å². The van der Waals surface area contributed by atoms with Crippen molar-refractivity contribution in [2.75, 3.05) is 12.4 Å². The Kier molecular flexibility index (Phi) is 5.73. The van der Waals surface area contributed by atoms with E-state index in [0.29, 0.717) is 22.9 Å². The number of aromatic nitrogens is 2. The number of aryl methyl sites for hydroxylation is 1. The minimum atomic E-state index is -0.342. The van der Waals surface area contributed by atoms with Crippen molar-refractivity contribution in [3.8, 4) is 5.75 Å². The number of methoxy groups -OCH3 is 1. The Morgan fingerprint density at radius 1 is 1.16 bits per heavy atom. The molecule has 1 N–H and O–H groups in total. The van der Waals surface area contributed by atoms with Gasteiger partial charge in [-0.1, -0.05) is 26.0 Å². The van der Waals surface area contributed by atoms with E-state index in [0.717, 1.165) is 0 Å². The van der Waals surface area contributed by atoms with Crippen molar-refractivity contribution in [2.24, 2.45) is 0 Å². The molecule has 2 rings (SSSR count). The Morgan fingerprint density at radius 3 is 2.47 bits per heavy atom. The largest absolute Gasteiger partial charge is 0.491 e. The molecule has 2 aromatic rings.